The molecule has 0 aliphatic heterocycles. The van der Waals surface area contributed by atoms with Gasteiger partial charge in [0.15, 0.2) is 12.9 Å². The summed E-state index contributed by atoms with van der Waals surface area (Å²) in [7, 11) is 0. The van der Waals surface area contributed by atoms with E-state index in [2.05, 4.69) is 20.1 Å². The number of ether oxygens (including phenoxy) is 1. The maximum absolute atomic E-state index is 13.2. The molecule has 1 aromatic carbocycles. The quantitative estimate of drug-likeness (QED) is 0.809. The SMILES string of the molecule is Cc1cc(C)cc(C(OC(=O)Cn2ncnn2)C(F)(F)F)c1. The Balaban J connectivity index is 2.21. The second-order valence-electron chi connectivity index (χ2n) is 4.80. The first-order valence-electron chi connectivity index (χ1n) is 6.31. The van der Waals surface area contributed by atoms with Crippen molar-refractivity contribution >= 4 is 5.97 Å². The molecule has 1 heterocycles. The molecular weight excluding hydrogens is 301 g/mol. The molecule has 0 aliphatic carbocycles. The van der Waals surface area contributed by atoms with Crippen molar-refractivity contribution in [1.29, 1.82) is 0 Å². The average Bonchev–Trinajstić information content (AvgIpc) is 2.86. The van der Waals surface area contributed by atoms with E-state index in [-0.39, 0.29) is 5.56 Å². The number of halogens is 3. The van der Waals surface area contributed by atoms with Crippen LogP contribution in [0.3, 0.4) is 0 Å². The Labute approximate surface area is 123 Å². The minimum absolute atomic E-state index is 0.120. The molecule has 1 aromatic heterocycles. The molecule has 0 saturated heterocycles. The van der Waals surface area contributed by atoms with E-state index in [0.717, 1.165) is 11.1 Å². The van der Waals surface area contributed by atoms with Gasteiger partial charge < -0.3 is 4.74 Å². The molecule has 118 valence electrons. The molecule has 6 nitrogen and oxygen atoms in total. The van der Waals surface area contributed by atoms with E-state index in [4.69, 9.17) is 0 Å². The zero-order valence-electron chi connectivity index (χ0n) is 11.8. The lowest BCUT2D eigenvalue weighted by molar-refractivity contribution is -0.224. The van der Waals surface area contributed by atoms with E-state index in [1.54, 1.807) is 19.9 Å². The predicted molar refractivity (Wildman–Crippen MR) is 68.6 cm³/mol. The van der Waals surface area contributed by atoms with Gasteiger partial charge in [-0.25, -0.2) is 4.79 Å². The Hall–Kier alpha value is -2.45. The Bertz CT molecular complexity index is 636. The van der Waals surface area contributed by atoms with Crippen LogP contribution >= 0.6 is 0 Å². The number of benzene rings is 1. The lowest BCUT2D eigenvalue weighted by Crippen LogP contribution is -2.28. The Morgan fingerprint density at radius 3 is 2.41 bits per heavy atom. The third kappa shape index (κ3) is 4.03. The Morgan fingerprint density at radius 1 is 1.27 bits per heavy atom. The first kappa shape index (κ1) is 15.9. The van der Waals surface area contributed by atoms with Gasteiger partial charge in [-0.3, -0.25) is 0 Å². The second kappa shape index (κ2) is 6.12. The fourth-order valence-electron chi connectivity index (χ4n) is 2.03. The Morgan fingerprint density at radius 2 is 1.91 bits per heavy atom. The van der Waals surface area contributed by atoms with Crippen LogP contribution in [-0.4, -0.2) is 32.4 Å². The number of esters is 1. The van der Waals surface area contributed by atoms with Crippen LogP contribution in [-0.2, 0) is 16.1 Å². The van der Waals surface area contributed by atoms with Crippen molar-refractivity contribution in [2.45, 2.75) is 32.7 Å². The van der Waals surface area contributed by atoms with Crippen LogP contribution in [0.25, 0.3) is 0 Å². The fraction of sp³-hybridized carbons (Fsp3) is 0.385. The zero-order valence-corrected chi connectivity index (χ0v) is 11.8. The number of tetrazole rings is 1. The van der Waals surface area contributed by atoms with Crippen molar-refractivity contribution in [1.82, 2.24) is 20.2 Å². The molecule has 2 aromatic rings. The standard InChI is InChI=1S/C13H13F3N4O2/c1-8-3-9(2)5-10(4-8)12(13(14,15)16)22-11(21)6-20-18-7-17-19-20/h3-5,7,12H,6H2,1-2H3. The minimum Gasteiger partial charge on any atom is -0.446 e. The number of rotatable bonds is 4. The topological polar surface area (TPSA) is 69.9 Å². The van der Waals surface area contributed by atoms with Gasteiger partial charge in [-0.1, -0.05) is 29.3 Å². The van der Waals surface area contributed by atoms with E-state index in [1.165, 1.54) is 12.1 Å². The van der Waals surface area contributed by atoms with Gasteiger partial charge >= 0.3 is 12.1 Å². The van der Waals surface area contributed by atoms with Crippen LogP contribution in [0.5, 0.6) is 0 Å². The van der Waals surface area contributed by atoms with Gasteiger partial charge in [0.05, 0.1) is 0 Å². The fourth-order valence-corrected chi connectivity index (χ4v) is 2.03. The molecule has 0 saturated carbocycles. The number of hydrogen-bond donors (Lipinski definition) is 0. The number of aryl methyl sites for hydroxylation is 2. The molecule has 0 N–H and O–H groups in total. The van der Waals surface area contributed by atoms with Crippen LogP contribution in [0.2, 0.25) is 0 Å². The molecule has 9 heteroatoms. The van der Waals surface area contributed by atoms with Crippen molar-refractivity contribution in [2.75, 3.05) is 0 Å². The maximum atomic E-state index is 13.2. The van der Waals surface area contributed by atoms with E-state index in [0.29, 0.717) is 11.1 Å². The normalized spacial score (nSPS) is 13.0. The van der Waals surface area contributed by atoms with E-state index < -0.39 is 24.8 Å². The van der Waals surface area contributed by atoms with Crippen LogP contribution in [0.4, 0.5) is 13.2 Å². The molecule has 0 aliphatic rings. The van der Waals surface area contributed by atoms with Crippen molar-refractivity contribution in [3.63, 3.8) is 0 Å². The summed E-state index contributed by atoms with van der Waals surface area (Å²) < 4.78 is 44.1. The highest BCUT2D eigenvalue weighted by Gasteiger charge is 2.44. The molecular formula is C13H13F3N4O2. The summed E-state index contributed by atoms with van der Waals surface area (Å²) in [5.74, 6) is -1.10. The Kier molecular flexibility index (Phi) is 4.43. The van der Waals surface area contributed by atoms with Crippen molar-refractivity contribution < 1.29 is 22.7 Å². The average molecular weight is 314 g/mol. The van der Waals surface area contributed by atoms with E-state index in [9.17, 15) is 18.0 Å². The number of aromatic nitrogens is 4. The van der Waals surface area contributed by atoms with Gasteiger partial charge in [-0.2, -0.15) is 18.0 Å². The number of alkyl halides is 3. The summed E-state index contributed by atoms with van der Waals surface area (Å²) in [5, 5.41) is 10.3. The lowest BCUT2D eigenvalue weighted by atomic mass is 10.0. The summed E-state index contributed by atoms with van der Waals surface area (Å²) in [6.45, 7) is 2.80. The van der Waals surface area contributed by atoms with E-state index in [1.807, 2.05) is 0 Å². The molecule has 0 bridgehead atoms. The summed E-state index contributed by atoms with van der Waals surface area (Å²) in [6, 6.07) is 4.41. The summed E-state index contributed by atoms with van der Waals surface area (Å²) in [4.78, 5) is 12.5. The van der Waals surface area contributed by atoms with Crippen molar-refractivity contribution in [3.8, 4) is 0 Å². The molecule has 0 radical (unpaired) electrons. The van der Waals surface area contributed by atoms with Gasteiger partial charge in [0.2, 0.25) is 6.10 Å². The molecule has 22 heavy (non-hydrogen) atoms. The molecule has 2 rings (SSSR count). The molecule has 0 spiro atoms. The third-order valence-electron chi connectivity index (χ3n) is 2.76. The van der Waals surface area contributed by atoms with Gasteiger partial charge in [-0.15, -0.1) is 10.2 Å². The largest absolute Gasteiger partial charge is 0.446 e. The third-order valence-corrected chi connectivity index (χ3v) is 2.76. The summed E-state index contributed by atoms with van der Waals surface area (Å²) in [6.07, 6.45) is -5.98. The van der Waals surface area contributed by atoms with Crippen molar-refractivity contribution in [3.05, 3.63) is 41.2 Å². The smallest absolute Gasteiger partial charge is 0.429 e. The van der Waals surface area contributed by atoms with Gasteiger partial charge in [0, 0.05) is 5.56 Å². The highest BCUT2D eigenvalue weighted by molar-refractivity contribution is 5.69. The monoisotopic (exact) mass is 314 g/mol. The molecule has 0 amide bonds. The second-order valence-corrected chi connectivity index (χ2v) is 4.80. The maximum Gasteiger partial charge on any atom is 0.429 e. The first-order valence-corrected chi connectivity index (χ1v) is 6.31. The lowest BCUT2D eigenvalue weighted by Gasteiger charge is -2.21. The van der Waals surface area contributed by atoms with Crippen LogP contribution in [0.15, 0.2) is 24.5 Å². The number of hydrogen-bond acceptors (Lipinski definition) is 5. The highest BCUT2D eigenvalue weighted by atomic mass is 19.4. The molecule has 1 unspecified atom stereocenters. The van der Waals surface area contributed by atoms with E-state index >= 15 is 0 Å². The first-order chi connectivity index (χ1) is 10.3. The molecule has 0 fully saturated rings. The summed E-state index contributed by atoms with van der Waals surface area (Å²) >= 11 is 0. The van der Waals surface area contributed by atoms with Gasteiger partial charge in [-0.05, 0) is 19.1 Å². The zero-order chi connectivity index (χ0) is 16.3. The number of carbonyl (C=O) groups excluding carboxylic acids is 1. The highest BCUT2D eigenvalue weighted by Crippen LogP contribution is 2.36. The predicted octanol–water partition coefficient (Wildman–Crippen LogP) is 2.14. The summed E-state index contributed by atoms with van der Waals surface area (Å²) in [5.41, 5.74) is 1.18. The van der Waals surface area contributed by atoms with Gasteiger partial charge in [0.25, 0.3) is 0 Å². The van der Waals surface area contributed by atoms with Gasteiger partial charge in [0.1, 0.15) is 0 Å². The molecule has 1 atom stereocenters. The minimum atomic E-state index is -4.72. The number of nitrogens with zero attached hydrogens (tertiary/aromatic N) is 4. The van der Waals surface area contributed by atoms with Crippen LogP contribution in [0, 0.1) is 13.8 Å². The van der Waals surface area contributed by atoms with Crippen LogP contribution < -0.4 is 0 Å². The van der Waals surface area contributed by atoms with Crippen molar-refractivity contribution in [2.24, 2.45) is 0 Å². The number of carbonyl (C=O) groups is 1. The van der Waals surface area contributed by atoms with Crippen LogP contribution in [0.1, 0.15) is 22.8 Å².